The van der Waals surface area contributed by atoms with Gasteiger partial charge < -0.3 is 9.64 Å². The molecule has 6 heteroatoms. The van der Waals surface area contributed by atoms with Crippen molar-refractivity contribution in [2.45, 2.75) is 31.8 Å². The van der Waals surface area contributed by atoms with E-state index in [1.165, 1.54) is 6.07 Å². The second-order valence-corrected chi connectivity index (χ2v) is 6.90. The summed E-state index contributed by atoms with van der Waals surface area (Å²) in [5, 5.41) is 4.13. The first-order valence-electron chi connectivity index (χ1n) is 9.09. The van der Waals surface area contributed by atoms with Crippen molar-refractivity contribution in [3.63, 3.8) is 0 Å². The van der Waals surface area contributed by atoms with Gasteiger partial charge in [-0.15, -0.1) is 0 Å². The van der Waals surface area contributed by atoms with Gasteiger partial charge in [0.1, 0.15) is 5.82 Å². The van der Waals surface area contributed by atoms with Gasteiger partial charge in [-0.1, -0.05) is 18.2 Å². The van der Waals surface area contributed by atoms with Crippen molar-refractivity contribution < 1.29 is 13.9 Å². The molecule has 0 bridgehead atoms. The Kier molecular flexibility index (Phi) is 6.04. The molecule has 2 heterocycles. The van der Waals surface area contributed by atoms with Crippen molar-refractivity contribution in [1.82, 2.24) is 14.7 Å². The molecule has 1 amide bonds. The lowest BCUT2D eigenvalue weighted by Crippen LogP contribution is -2.48. The third-order valence-electron chi connectivity index (χ3n) is 5.31. The van der Waals surface area contributed by atoms with Crippen LogP contribution in [0.4, 0.5) is 4.39 Å². The molecule has 0 aliphatic carbocycles. The van der Waals surface area contributed by atoms with E-state index in [9.17, 15) is 9.18 Å². The van der Waals surface area contributed by atoms with Gasteiger partial charge in [0, 0.05) is 45.6 Å². The predicted molar refractivity (Wildman–Crippen MR) is 97.1 cm³/mol. The maximum Gasteiger partial charge on any atom is 0.223 e. The summed E-state index contributed by atoms with van der Waals surface area (Å²) >= 11 is 0. The minimum atomic E-state index is -0.169. The highest BCUT2D eigenvalue weighted by Crippen LogP contribution is 2.25. The summed E-state index contributed by atoms with van der Waals surface area (Å²) in [6, 6.07) is 8.82. The smallest absolute Gasteiger partial charge is 0.223 e. The van der Waals surface area contributed by atoms with Gasteiger partial charge in [-0.2, -0.15) is 5.10 Å². The maximum atomic E-state index is 13.9. The van der Waals surface area contributed by atoms with Crippen LogP contribution in [0, 0.1) is 11.7 Å². The van der Waals surface area contributed by atoms with Gasteiger partial charge in [-0.25, -0.2) is 4.39 Å². The van der Waals surface area contributed by atoms with Crippen molar-refractivity contribution in [2.75, 3.05) is 20.2 Å². The van der Waals surface area contributed by atoms with Crippen LogP contribution in [0.2, 0.25) is 0 Å². The number of halogens is 1. The molecule has 0 unspecified atom stereocenters. The van der Waals surface area contributed by atoms with Crippen molar-refractivity contribution >= 4 is 5.91 Å². The normalized spacial score (nSPS) is 20.3. The zero-order chi connectivity index (χ0) is 18.5. The van der Waals surface area contributed by atoms with Crippen LogP contribution in [0.25, 0.3) is 0 Å². The zero-order valence-electron chi connectivity index (χ0n) is 15.4. The summed E-state index contributed by atoms with van der Waals surface area (Å²) in [7, 11) is 3.55. The van der Waals surface area contributed by atoms with E-state index in [2.05, 4.69) is 5.10 Å². The fourth-order valence-corrected chi connectivity index (χ4v) is 3.68. The Morgan fingerprint density at radius 1 is 1.35 bits per heavy atom. The fraction of sp³-hybridized carbons (Fsp3) is 0.500. The van der Waals surface area contributed by atoms with Gasteiger partial charge in [0.25, 0.3) is 0 Å². The van der Waals surface area contributed by atoms with E-state index in [-0.39, 0.29) is 23.7 Å². The van der Waals surface area contributed by atoms with E-state index in [1.807, 2.05) is 30.1 Å². The lowest BCUT2D eigenvalue weighted by Gasteiger charge is -2.38. The lowest BCUT2D eigenvalue weighted by atomic mass is 9.87. The molecule has 0 spiro atoms. The van der Waals surface area contributed by atoms with E-state index in [0.29, 0.717) is 32.4 Å². The first-order valence-corrected chi connectivity index (χ1v) is 9.09. The molecule has 5 nitrogen and oxygen atoms in total. The summed E-state index contributed by atoms with van der Waals surface area (Å²) < 4.78 is 21.4. The number of likely N-dealkylation sites (tertiary alicyclic amines) is 1. The van der Waals surface area contributed by atoms with E-state index < -0.39 is 0 Å². The first kappa shape index (κ1) is 18.6. The average molecular weight is 359 g/mol. The standard InChI is InChI=1S/C20H26FN3O2/c1-23-17(9-11-22-23)7-8-20(25)24-12-10-16(19(14-24)26-2)13-15-5-3-4-6-18(15)21/h3-6,9,11,16,19H,7-8,10,12-14H2,1-2H3/t16-,19-/m1/s1. The second kappa shape index (κ2) is 8.45. The van der Waals surface area contributed by atoms with Crippen LogP contribution >= 0.6 is 0 Å². The van der Waals surface area contributed by atoms with Crippen LogP contribution in [0.15, 0.2) is 36.5 Å². The summed E-state index contributed by atoms with van der Waals surface area (Å²) in [4.78, 5) is 14.4. The Bertz CT molecular complexity index is 746. The summed E-state index contributed by atoms with van der Waals surface area (Å²) in [5.41, 5.74) is 1.77. The quantitative estimate of drug-likeness (QED) is 0.797. The Morgan fingerprint density at radius 2 is 2.15 bits per heavy atom. The molecule has 26 heavy (non-hydrogen) atoms. The van der Waals surface area contributed by atoms with Crippen molar-refractivity contribution in [1.29, 1.82) is 0 Å². The molecule has 3 rings (SSSR count). The number of nitrogens with zero attached hydrogens (tertiary/aromatic N) is 3. The van der Waals surface area contributed by atoms with E-state index in [0.717, 1.165) is 17.7 Å². The predicted octanol–water partition coefficient (Wildman–Crippen LogP) is 2.60. The van der Waals surface area contributed by atoms with E-state index in [4.69, 9.17) is 4.74 Å². The van der Waals surface area contributed by atoms with Crippen molar-refractivity contribution in [2.24, 2.45) is 13.0 Å². The van der Waals surface area contributed by atoms with Crippen LogP contribution in [-0.4, -0.2) is 46.9 Å². The number of hydrogen-bond donors (Lipinski definition) is 0. The highest BCUT2D eigenvalue weighted by molar-refractivity contribution is 5.76. The fourth-order valence-electron chi connectivity index (χ4n) is 3.68. The SMILES string of the molecule is CO[C@@H]1CN(C(=O)CCc2ccnn2C)CC[C@@H]1Cc1ccccc1F. The molecular weight excluding hydrogens is 333 g/mol. The first-order chi connectivity index (χ1) is 12.6. The summed E-state index contributed by atoms with van der Waals surface area (Å²) in [5.74, 6) is 0.188. The van der Waals surface area contributed by atoms with Gasteiger partial charge in [0.15, 0.2) is 0 Å². The van der Waals surface area contributed by atoms with Gasteiger partial charge in [0.05, 0.1) is 6.10 Å². The third kappa shape index (κ3) is 4.30. The van der Waals surface area contributed by atoms with Crippen LogP contribution in [0.5, 0.6) is 0 Å². The third-order valence-corrected chi connectivity index (χ3v) is 5.31. The van der Waals surface area contributed by atoms with E-state index in [1.54, 1.807) is 24.1 Å². The minimum Gasteiger partial charge on any atom is -0.379 e. The Hall–Kier alpha value is -2.21. The van der Waals surface area contributed by atoms with Gasteiger partial charge in [-0.05, 0) is 42.9 Å². The molecular formula is C20H26FN3O2. The van der Waals surface area contributed by atoms with Crippen molar-refractivity contribution in [3.8, 4) is 0 Å². The highest BCUT2D eigenvalue weighted by Gasteiger charge is 2.31. The van der Waals surface area contributed by atoms with Crippen LogP contribution < -0.4 is 0 Å². The molecule has 1 aliphatic heterocycles. The number of carbonyl (C=O) groups excluding carboxylic acids is 1. The number of amides is 1. The molecule has 0 radical (unpaired) electrons. The molecule has 1 aromatic heterocycles. The molecule has 2 aromatic rings. The Balaban J connectivity index is 1.56. The number of aromatic nitrogens is 2. The zero-order valence-corrected chi connectivity index (χ0v) is 15.4. The van der Waals surface area contributed by atoms with Crippen LogP contribution in [0.1, 0.15) is 24.1 Å². The molecule has 1 fully saturated rings. The molecule has 1 aromatic carbocycles. The number of methoxy groups -OCH3 is 1. The number of benzene rings is 1. The average Bonchev–Trinajstić information content (AvgIpc) is 3.06. The lowest BCUT2D eigenvalue weighted by molar-refractivity contribution is -0.136. The number of hydrogen-bond acceptors (Lipinski definition) is 3. The molecule has 0 N–H and O–H groups in total. The van der Waals surface area contributed by atoms with Crippen LogP contribution in [0.3, 0.4) is 0 Å². The maximum absolute atomic E-state index is 13.9. The summed E-state index contributed by atoms with van der Waals surface area (Å²) in [6.07, 6.45) is 4.29. The van der Waals surface area contributed by atoms with Gasteiger partial charge in [-0.3, -0.25) is 9.48 Å². The largest absolute Gasteiger partial charge is 0.379 e. The number of ether oxygens (including phenoxy) is 1. The topological polar surface area (TPSA) is 47.4 Å². The summed E-state index contributed by atoms with van der Waals surface area (Å²) in [6.45, 7) is 1.27. The molecule has 1 saturated heterocycles. The molecule has 1 aliphatic rings. The second-order valence-electron chi connectivity index (χ2n) is 6.90. The minimum absolute atomic E-state index is 0.0657. The number of rotatable bonds is 6. The highest BCUT2D eigenvalue weighted by atomic mass is 19.1. The number of aryl methyl sites for hydroxylation is 2. The molecule has 140 valence electrons. The Labute approximate surface area is 153 Å². The Morgan fingerprint density at radius 3 is 2.85 bits per heavy atom. The van der Waals surface area contributed by atoms with Gasteiger partial charge in [0.2, 0.25) is 5.91 Å². The van der Waals surface area contributed by atoms with E-state index >= 15 is 0 Å². The monoisotopic (exact) mass is 359 g/mol. The van der Waals surface area contributed by atoms with Gasteiger partial charge >= 0.3 is 0 Å². The van der Waals surface area contributed by atoms with Crippen LogP contribution in [-0.2, 0) is 29.4 Å². The number of piperidine rings is 1. The molecule has 2 atom stereocenters. The molecule has 0 saturated carbocycles. The number of carbonyl (C=O) groups is 1. The van der Waals surface area contributed by atoms with Crippen molar-refractivity contribution in [3.05, 3.63) is 53.6 Å².